The first-order chi connectivity index (χ1) is 31.2. The maximum Gasteiger partial charge on any atom is 0.136 e. The van der Waals surface area contributed by atoms with Crippen molar-refractivity contribution in [1.29, 1.82) is 0 Å². The zero-order chi connectivity index (χ0) is 41.4. The monoisotopic (exact) mass is 803 g/mol. The van der Waals surface area contributed by atoms with Crippen LogP contribution in [0.2, 0.25) is 0 Å². The number of benzene rings is 9. The third-order valence-electron chi connectivity index (χ3n) is 12.8. The van der Waals surface area contributed by atoms with E-state index in [0.717, 1.165) is 99.6 Å². The van der Waals surface area contributed by atoms with E-state index in [9.17, 15) is 0 Å². The van der Waals surface area contributed by atoms with E-state index in [0.29, 0.717) is 0 Å². The second kappa shape index (κ2) is 14.1. The van der Waals surface area contributed by atoms with E-state index in [2.05, 4.69) is 212 Å². The van der Waals surface area contributed by atoms with Crippen LogP contribution in [-0.4, -0.2) is 9.97 Å². The summed E-state index contributed by atoms with van der Waals surface area (Å²) in [6.45, 7) is 0. The fourth-order valence-electron chi connectivity index (χ4n) is 9.77. The Kier molecular flexibility index (Phi) is 7.94. The van der Waals surface area contributed by atoms with Crippen LogP contribution in [-0.2, 0) is 0 Å². The van der Waals surface area contributed by atoms with E-state index in [4.69, 9.17) is 14.4 Å². The van der Waals surface area contributed by atoms with Crippen molar-refractivity contribution >= 4 is 77.1 Å². The molecule has 3 aromatic heterocycles. The Morgan fingerprint density at radius 3 is 2.00 bits per heavy atom. The van der Waals surface area contributed by atoms with Gasteiger partial charge >= 0.3 is 0 Å². The smallest absolute Gasteiger partial charge is 0.136 e. The van der Waals surface area contributed by atoms with Gasteiger partial charge in [0.15, 0.2) is 0 Å². The molecule has 0 saturated carbocycles. The van der Waals surface area contributed by atoms with E-state index in [1.165, 1.54) is 27.3 Å². The van der Waals surface area contributed by atoms with Crippen molar-refractivity contribution in [2.24, 2.45) is 0 Å². The summed E-state index contributed by atoms with van der Waals surface area (Å²) in [5.41, 5.74) is 15.8. The third-order valence-corrected chi connectivity index (χ3v) is 12.8. The van der Waals surface area contributed by atoms with Crippen LogP contribution in [0.1, 0.15) is 17.2 Å². The van der Waals surface area contributed by atoms with Crippen LogP contribution in [0.5, 0.6) is 0 Å². The lowest BCUT2D eigenvalue weighted by molar-refractivity contribution is 0.669. The first kappa shape index (κ1) is 35.4. The number of nitrogens with zero attached hydrogens (tertiary/aromatic N) is 2. The molecule has 1 N–H and O–H groups in total. The maximum absolute atomic E-state index is 6.62. The van der Waals surface area contributed by atoms with Gasteiger partial charge in [-0.1, -0.05) is 170 Å². The number of pyridine rings is 2. The average Bonchev–Trinajstić information content (AvgIpc) is 3.73. The number of aromatic nitrogens is 2. The van der Waals surface area contributed by atoms with Crippen molar-refractivity contribution in [2.75, 3.05) is 5.32 Å². The molecule has 4 heterocycles. The summed E-state index contributed by atoms with van der Waals surface area (Å²) in [4.78, 5) is 10.7. The van der Waals surface area contributed by atoms with Gasteiger partial charge in [-0.15, -0.1) is 0 Å². The Balaban J connectivity index is 0.904. The highest BCUT2D eigenvalue weighted by Gasteiger charge is 2.22. The second-order valence-electron chi connectivity index (χ2n) is 16.5. The van der Waals surface area contributed by atoms with E-state index < -0.39 is 0 Å². The van der Waals surface area contributed by atoms with Crippen molar-refractivity contribution < 1.29 is 4.42 Å². The molecular weight excluding hydrogens is 767 g/mol. The number of anilines is 1. The summed E-state index contributed by atoms with van der Waals surface area (Å²) >= 11 is 0. The predicted octanol–water partition coefficient (Wildman–Crippen LogP) is 15.8. The van der Waals surface area contributed by atoms with Crippen LogP contribution >= 0.6 is 0 Å². The van der Waals surface area contributed by atoms with Crippen LogP contribution < -0.4 is 5.32 Å². The molecule has 0 fully saturated rings. The summed E-state index contributed by atoms with van der Waals surface area (Å²) in [6.07, 6.45) is 4.44. The number of nitrogens with one attached hydrogen (secondary N) is 1. The SMILES string of the molecule is C1=CC(c2ccccc2)Nc2c1ccc1ccc(-c3ccc4cc(-c5cccc(-c6nc7ccccc7c7c(-c8ccccc8)c8c(cc67)oc6ccccc68)c5)ccc4c3)nc21. The first-order valence-corrected chi connectivity index (χ1v) is 21.5. The lowest BCUT2D eigenvalue weighted by atomic mass is 9.89. The fourth-order valence-corrected chi connectivity index (χ4v) is 9.77. The molecule has 0 spiro atoms. The second-order valence-corrected chi connectivity index (χ2v) is 16.5. The van der Waals surface area contributed by atoms with Gasteiger partial charge in [0.05, 0.1) is 34.2 Å². The highest BCUT2D eigenvalue weighted by atomic mass is 16.3. The van der Waals surface area contributed by atoms with Gasteiger partial charge in [0.1, 0.15) is 11.2 Å². The van der Waals surface area contributed by atoms with Crippen molar-refractivity contribution in [3.63, 3.8) is 0 Å². The standard InChI is InChI=1S/C59H37N3O/c1-3-12-36(13-4-1)49-30-28-38-22-23-39-29-31-50(61-59(39)58(38)60-49)44-27-26-42-32-41(24-25-43(42)33-44)40-16-11-17-45(34-40)57-48-35-53-56(47-19-8-10-21-52(47)63-53)54(37-14-5-2-6-15-37)55(48)46-18-7-9-20-51(46)62-57/h1-35,49,60H. The lowest BCUT2D eigenvalue weighted by Gasteiger charge is -2.24. The molecule has 63 heavy (non-hydrogen) atoms. The van der Waals surface area contributed by atoms with Crippen LogP contribution in [0.15, 0.2) is 211 Å². The van der Waals surface area contributed by atoms with Gasteiger partial charge in [-0.05, 0) is 81.1 Å². The van der Waals surface area contributed by atoms with Crippen molar-refractivity contribution in [3.05, 3.63) is 217 Å². The minimum absolute atomic E-state index is 0.0923. The minimum atomic E-state index is 0.0923. The Labute approximate surface area is 363 Å². The van der Waals surface area contributed by atoms with Crippen LogP contribution in [0, 0.1) is 0 Å². The highest BCUT2D eigenvalue weighted by molar-refractivity contribution is 6.27. The highest BCUT2D eigenvalue weighted by Crippen LogP contribution is 2.46. The zero-order valence-electron chi connectivity index (χ0n) is 34.1. The molecule has 12 aromatic rings. The van der Waals surface area contributed by atoms with Gasteiger partial charge in [0.2, 0.25) is 0 Å². The average molecular weight is 804 g/mol. The molecule has 4 nitrogen and oxygen atoms in total. The van der Waals surface area contributed by atoms with E-state index in [-0.39, 0.29) is 6.04 Å². The minimum Gasteiger partial charge on any atom is -0.456 e. The van der Waals surface area contributed by atoms with E-state index in [1.54, 1.807) is 0 Å². The number of furan rings is 1. The van der Waals surface area contributed by atoms with Gasteiger partial charge in [0.25, 0.3) is 0 Å². The first-order valence-electron chi connectivity index (χ1n) is 21.5. The van der Waals surface area contributed by atoms with E-state index >= 15 is 0 Å². The van der Waals surface area contributed by atoms with Crippen LogP contribution in [0.4, 0.5) is 5.69 Å². The molecule has 0 saturated heterocycles. The predicted molar refractivity (Wildman–Crippen MR) is 263 cm³/mol. The van der Waals surface area contributed by atoms with Crippen LogP contribution in [0.3, 0.4) is 0 Å². The molecule has 0 bridgehead atoms. The summed E-state index contributed by atoms with van der Waals surface area (Å²) in [6, 6.07) is 71.3. The third kappa shape index (κ3) is 5.84. The largest absolute Gasteiger partial charge is 0.456 e. The summed E-state index contributed by atoms with van der Waals surface area (Å²) in [5.74, 6) is 0. The molecule has 13 rings (SSSR count). The van der Waals surface area contributed by atoms with Crippen molar-refractivity contribution in [3.8, 4) is 44.8 Å². The maximum atomic E-state index is 6.62. The Morgan fingerprint density at radius 2 is 1.13 bits per heavy atom. The fraction of sp³-hybridized carbons (Fsp3) is 0.0169. The van der Waals surface area contributed by atoms with Gasteiger partial charge in [-0.3, -0.25) is 0 Å². The zero-order valence-corrected chi connectivity index (χ0v) is 34.1. The molecule has 0 amide bonds. The molecule has 1 unspecified atom stereocenters. The number of hydrogen-bond acceptors (Lipinski definition) is 4. The molecule has 9 aromatic carbocycles. The normalized spacial score (nSPS) is 13.6. The summed E-state index contributed by atoms with van der Waals surface area (Å²) in [7, 11) is 0. The lowest BCUT2D eigenvalue weighted by Crippen LogP contribution is -2.12. The quantitative estimate of drug-likeness (QED) is 0.176. The number of fused-ring (bicyclic) bond motifs is 10. The number of rotatable bonds is 5. The molecule has 1 aliphatic rings. The summed E-state index contributed by atoms with van der Waals surface area (Å²) < 4.78 is 6.62. The molecule has 0 radical (unpaired) electrons. The molecule has 0 aliphatic carbocycles. The van der Waals surface area contributed by atoms with Crippen LogP contribution in [0.25, 0.3) is 116 Å². The Morgan fingerprint density at radius 1 is 0.444 bits per heavy atom. The van der Waals surface area contributed by atoms with Gasteiger partial charge in [-0.2, -0.15) is 0 Å². The van der Waals surface area contributed by atoms with Gasteiger partial charge < -0.3 is 9.73 Å². The molecule has 294 valence electrons. The number of hydrogen-bond donors (Lipinski definition) is 1. The van der Waals surface area contributed by atoms with E-state index in [1.807, 2.05) is 6.07 Å². The molecule has 1 atom stereocenters. The van der Waals surface area contributed by atoms with Gasteiger partial charge in [0, 0.05) is 49.0 Å². The number of para-hydroxylation sites is 2. The Bertz CT molecular complexity index is 3830. The summed E-state index contributed by atoms with van der Waals surface area (Å²) in [5, 5.41) is 12.8. The molecule has 1 aliphatic heterocycles. The van der Waals surface area contributed by atoms with Crippen molar-refractivity contribution in [1.82, 2.24) is 9.97 Å². The molecular formula is C59H37N3O. The Hall–Kier alpha value is -8.34. The molecule has 4 heteroatoms. The topological polar surface area (TPSA) is 51.0 Å². The van der Waals surface area contributed by atoms with Crippen molar-refractivity contribution in [2.45, 2.75) is 6.04 Å². The van der Waals surface area contributed by atoms with Gasteiger partial charge in [-0.25, -0.2) is 9.97 Å².